The number of benzene rings is 2. The van der Waals surface area contributed by atoms with Crippen molar-refractivity contribution in [3.63, 3.8) is 0 Å². The van der Waals surface area contributed by atoms with E-state index in [0.29, 0.717) is 18.8 Å². The van der Waals surface area contributed by atoms with Gasteiger partial charge in [-0.3, -0.25) is 0 Å². The molecule has 0 aliphatic carbocycles. The Bertz CT molecular complexity index is 701. The molecule has 0 heterocycles. The van der Waals surface area contributed by atoms with Crippen molar-refractivity contribution in [3.8, 4) is 5.75 Å². The normalized spacial score (nSPS) is 11.7. The molecule has 28 heavy (non-hydrogen) atoms. The Morgan fingerprint density at radius 1 is 1.07 bits per heavy atom. The van der Waals surface area contributed by atoms with Crippen LogP contribution < -0.4 is 15.4 Å². The fourth-order valence-electron chi connectivity index (χ4n) is 2.58. The van der Waals surface area contributed by atoms with Crippen LogP contribution in [0.2, 0.25) is 0 Å². The van der Waals surface area contributed by atoms with Gasteiger partial charge in [-0.2, -0.15) is 0 Å². The van der Waals surface area contributed by atoms with E-state index in [1.807, 2.05) is 43.3 Å². The Kier molecular flexibility index (Phi) is 9.31. The van der Waals surface area contributed by atoms with Gasteiger partial charge in [0.05, 0.1) is 25.9 Å². The molecule has 0 aliphatic rings. The van der Waals surface area contributed by atoms with Crippen LogP contribution in [0.15, 0.2) is 48.5 Å². The number of aryl methyl sites for hydroxylation is 1. The average molecular weight is 386 g/mol. The third-order valence-corrected chi connectivity index (χ3v) is 4.19. The van der Waals surface area contributed by atoms with Crippen molar-refractivity contribution >= 4 is 11.7 Å². The van der Waals surface area contributed by atoms with Gasteiger partial charge in [0, 0.05) is 12.2 Å². The maximum atomic E-state index is 12.2. The molecule has 0 spiro atoms. The Labute approximate surface area is 166 Å². The maximum absolute atomic E-state index is 12.2. The number of hydrogen-bond donors (Lipinski definition) is 3. The van der Waals surface area contributed by atoms with Crippen molar-refractivity contribution in [2.75, 3.05) is 31.7 Å². The molecule has 0 aromatic heterocycles. The molecular weight excluding hydrogens is 356 g/mol. The van der Waals surface area contributed by atoms with Crippen LogP contribution in [0.4, 0.5) is 10.5 Å². The smallest absolute Gasteiger partial charge is 0.319 e. The molecule has 2 amide bonds. The lowest BCUT2D eigenvalue weighted by Gasteiger charge is -2.19. The number of aliphatic hydroxyl groups excluding tert-OH is 1. The van der Waals surface area contributed by atoms with Gasteiger partial charge in [0.2, 0.25) is 0 Å². The molecule has 1 atom stereocenters. The minimum Gasteiger partial charge on any atom is -0.494 e. The standard InChI is InChI=1S/C22H30N2O4/c1-3-4-14-27-20-11-9-19(10-12-20)24-22(26)23-16-21(28-15-13-25)18-7-5-17(2)6-8-18/h5-12,21,25H,3-4,13-16H2,1-2H3,(H2,23,24,26). The number of hydrogen-bond acceptors (Lipinski definition) is 4. The van der Waals surface area contributed by atoms with Crippen molar-refractivity contribution in [3.05, 3.63) is 59.7 Å². The van der Waals surface area contributed by atoms with Gasteiger partial charge in [-0.25, -0.2) is 4.79 Å². The lowest BCUT2D eigenvalue weighted by Crippen LogP contribution is -2.33. The Morgan fingerprint density at radius 3 is 2.43 bits per heavy atom. The molecule has 152 valence electrons. The van der Waals surface area contributed by atoms with Crippen LogP contribution in [0.5, 0.6) is 5.75 Å². The second-order valence-electron chi connectivity index (χ2n) is 6.56. The molecular formula is C22H30N2O4. The molecule has 0 saturated carbocycles. The van der Waals surface area contributed by atoms with E-state index in [9.17, 15) is 4.79 Å². The SMILES string of the molecule is CCCCOc1ccc(NC(=O)NCC(OCCO)c2ccc(C)cc2)cc1. The number of rotatable bonds is 11. The zero-order valence-corrected chi connectivity index (χ0v) is 16.6. The van der Waals surface area contributed by atoms with Gasteiger partial charge in [-0.15, -0.1) is 0 Å². The highest BCUT2D eigenvalue weighted by Crippen LogP contribution is 2.18. The summed E-state index contributed by atoms with van der Waals surface area (Å²) < 4.78 is 11.3. The van der Waals surface area contributed by atoms with E-state index in [-0.39, 0.29) is 25.3 Å². The van der Waals surface area contributed by atoms with E-state index < -0.39 is 0 Å². The maximum Gasteiger partial charge on any atom is 0.319 e. The first-order valence-electron chi connectivity index (χ1n) is 9.69. The molecule has 6 nitrogen and oxygen atoms in total. The summed E-state index contributed by atoms with van der Waals surface area (Å²) in [6.07, 6.45) is 1.78. The number of aliphatic hydroxyl groups is 1. The lowest BCUT2D eigenvalue weighted by atomic mass is 10.1. The Balaban J connectivity index is 1.85. The monoisotopic (exact) mass is 386 g/mol. The Hall–Kier alpha value is -2.57. The van der Waals surface area contributed by atoms with Crippen molar-refractivity contribution in [2.24, 2.45) is 0 Å². The summed E-state index contributed by atoms with van der Waals surface area (Å²) in [5, 5.41) is 14.7. The summed E-state index contributed by atoms with van der Waals surface area (Å²) >= 11 is 0. The van der Waals surface area contributed by atoms with Crippen molar-refractivity contribution in [1.29, 1.82) is 0 Å². The predicted molar refractivity (Wildman–Crippen MR) is 111 cm³/mol. The van der Waals surface area contributed by atoms with E-state index in [1.165, 1.54) is 0 Å². The highest BCUT2D eigenvalue weighted by Gasteiger charge is 2.13. The fourth-order valence-corrected chi connectivity index (χ4v) is 2.58. The van der Waals surface area contributed by atoms with E-state index in [4.69, 9.17) is 14.6 Å². The largest absolute Gasteiger partial charge is 0.494 e. The first-order valence-corrected chi connectivity index (χ1v) is 9.69. The highest BCUT2D eigenvalue weighted by molar-refractivity contribution is 5.89. The number of nitrogens with one attached hydrogen (secondary N) is 2. The van der Waals surface area contributed by atoms with Gasteiger partial charge in [-0.1, -0.05) is 43.2 Å². The first-order chi connectivity index (χ1) is 13.6. The van der Waals surface area contributed by atoms with Gasteiger partial charge < -0.3 is 25.2 Å². The van der Waals surface area contributed by atoms with Crippen LogP contribution in [0.3, 0.4) is 0 Å². The van der Waals surface area contributed by atoms with E-state index in [2.05, 4.69) is 17.6 Å². The molecule has 0 fully saturated rings. The third kappa shape index (κ3) is 7.58. The second kappa shape index (κ2) is 12.0. The molecule has 2 rings (SSSR count). The number of unbranched alkanes of at least 4 members (excludes halogenated alkanes) is 1. The van der Waals surface area contributed by atoms with E-state index in [1.54, 1.807) is 12.1 Å². The van der Waals surface area contributed by atoms with Crippen LogP contribution in [0, 0.1) is 6.92 Å². The highest BCUT2D eigenvalue weighted by atomic mass is 16.5. The minimum atomic E-state index is -0.326. The summed E-state index contributed by atoms with van der Waals surface area (Å²) in [5.41, 5.74) is 2.79. The summed E-state index contributed by atoms with van der Waals surface area (Å²) in [6, 6.07) is 14.9. The quantitative estimate of drug-likeness (QED) is 0.509. The van der Waals surface area contributed by atoms with Crippen molar-refractivity contribution in [1.82, 2.24) is 5.32 Å². The average Bonchev–Trinajstić information content (AvgIpc) is 2.70. The fraction of sp³-hybridized carbons (Fsp3) is 0.409. The van der Waals surface area contributed by atoms with Gasteiger partial charge in [-0.05, 0) is 43.2 Å². The van der Waals surface area contributed by atoms with E-state index >= 15 is 0 Å². The van der Waals surface area contributed by atoms with Crippen LogP contribution in [-0.2, 0) is 4.74 Å². The van der Waals surface area contributed by atoms with Crippen LogP contribution in [0.1, 0.15) is 37.0 Å². The number of anilines is 1. The zero-order valence-electron chi connectivity index (χ0n) is 16.6. The Morgan fingerprint density at radius 2 is 1.79 bits per heavy atom. The number of carbonyl (C=O) groups excluding carboxylic acids is 1. The third-order valence-electron chi connectivity index (χ3n) is 4.19. The molecule has 0 bridgehead atoms. The summed E-state index contributed by atoms with van der Waals surface area (Å²) in [5.74, 6) is 0.788. The number of ether oxygens (including phenoxy) is 2. The topological polar surface area (TPSA) is 79.8 Å². The van der Waals surface area contributed by atoms with Crippen LogP contribution in [0.25, 0.3) is 0 Å². The summed E-state index contributed by atoms with van der Waals surface area (Å²) in [6.45, 7) is 5.26. The number of urea groups is 1. The van der Waals surface area contributed by atoms with Gasteiger partial charge in [0.15, 0.2) is 0 Å². The zero-order chi connectivity index (χ0) is 20.2. The second-order valence-corrected chi connectivity index (χ2v) is 6.56. The van der Waals surface area contributed by atoms with Crippen molar-refractivity contribution < 1.29 is 19.4 Å². The molecule has 0 radical (unpaired) electrons. The number of amides is 2. The molecule has 1 unspecified atom stereocenters. The summed E-state index contributed by atoms with van der Waals surface area (Å²) in [4.78, 5) is 12.2. The minimum absolute atomic E-state index is 0.0682. The molecule has 6 heteroatoms. The first kappa shape index (κ1) is 21.7. The molecule has 0 saturated heterocycles. The van der Waals surface area contributed by atoms with E-state index in [0.717, 1.165) is 29.7 Å². The van der Waals surface area contributed by atoms with Gasteiger partial charge in [0.1, 0.15) is 5.75 Å². The van der Waals surface area contributed by atoms with Crippen LogP contribution in [-0.4, -0.2) is 37.5 Å². The van der Waals surface area contributed by atoms with Crippen molar-refractivity contribution in [2.45, 2.75) is 32.8 Å². The van der Waals surface area contributed by atoms with Gasteiger partial charge >= 0.3 is 6.03 Å². The van der Waals surface area contributed by atoms with Gasteiger partial charge in [0.25, 0.3) is 0 Å². The lowest BCUT2D eigenvalue weighted by molar-refractivity contribution is 0.0297. The predicted octanol–water partition coefficient (Wildman–Crippen LogP) is 4.05. The molecule has 0 aliphatic heterocycles. The van der Waals surface area contributed by atoms with Crippen LogP contribution >= 0.6 is 0 Å². The molecule has 2 aromatic rings. The number of carbonyl (C=O) groups is 1. The molecule has 3 N–H and O–H groups in total. The molecule has 2 aromatic carbocycles. The summed E-state index contributed by atoms with van der Waals surface area (Å²) in [7, 11) is 0.